The third kappa shape index (κ3) is 5.07. The van der Waals surface area contributed by atoms with Crippen LogP contribution in [-0.2, 0) is 21.5 Å². The predicted molar refractivity (Wildman–Crippen MR) is 86.5 cm³/mol. The second-order valence-electron chi connectivity index (χ2n) is 5.96. The molecule has 1 N–H and O–H groups in total. The number of hydrogen-bond acceptors (Lipinski definition) is 7. The van der Waals surface area contributed by atoms with Gasteiger partial charge in [-0.1, -0.05) is 37.7 Å². The summed E-state index contributed by atoms with van der Waals surface area (Å²) in [6.45, 7) is 7.29. The van der Waals surface area contributed by atoms with Gasteiger partial charge < -0.3 is 13.8 Å². The fourth-order valence-corrected chi connectivity index (χ4v) is 2.43. The summed E-state index contributed by atoms with van der Waals surface area (Å²) in [7, 11) is 1.63. The van der Waals surface area contributed by atoms with Crippen LogP contribution in [0.5, 0.6) is 0 Å². The van der Waals surface area contributed by atoms with Gasteiger partial charge in [0.1, 0.15) is 6.33 Å². The largest absolute Gasteiger partial charge is 0.383 e. The molecule has 0 atom stereocenters. The van der Waals surface area contributed by atoms with E-state index in [4.69, 9.17) is 9.26 Å². The molecule has 0 radical (unpaired) electrons. The molecular weight excluding hydrogens is 318 g/mol. The van der Waals surface area contributed by atoms with E-state index in [1.165, 1.54) is 11.8 Å². The molecule has 9 heteroatoms. The number of carbonyl (C=O) groups excluding carboxylic acids is 1. The highest BCUT2D eigenvalue weighted by atomic mass is 32.2. The van der Waals surface area contributed by atoms with Gasteiger partial charge in [-0.05, 0) is 0 Å². The highest BCUT2D eigenvalue weighted by molar-refractivity contribution is 7.99. The molecule has 0 spiro atoms. The van der Waals surface area contributed by atoms with E-state index in [9.17, 15) is 4.79 Å². The molecule has 0 saturated heterocycles. The van der Waals surface area contributed by atoms with Gasteiger partial charge in [0.15, 0.2) is 5.16 Å². The van der Waals surface area contributed by atoms with Gasteiger partial charge in [0.25, 0.3) is 0 Å². The molecule has 0 saturated carbocycles. The molecule has 2 heterocycles. The Morgan fingerprint density at radius 2 is 2.26 bits per heavy atom. The van der Waals surface area contributed by atoms with Crippen LogP contribution in [0.25, 0.3) is 0 Å². The molecule has 0 bridgehead atoms. The number of nitrogens with one attached hydrogen (secondary N) is 1. The number of methoxy groups -OCH3 is 1. The van der Waals surface area contributed by atoms with Crippen molar-refractivity contribution >= 4 is 23.6 Å². The fourth-order valence-electron chi connectivity index (χ4n) is 1.69. The molecule has 126 valence electrons. The first-order valence-corrected chi connectivity index (χ1v) is 8.15. The van der Waals surface area contributed by atoms with Gasteiger partial charge in [-0.3, -0.25) is 10.1 Å². The average Bonchev–Trinajstić information content (AvgIpc) is 3.11. The molecule has 23 heavy (non-hydrogen) atoms. The fraction of sp³-hybridized carbons (Fsp3) is 0.571. The summed E-state index contributed by atoms with van der Waals surface area (Å²) < 4.78 is 12.0. The summed E-state index contributed by atoms with van der Waals surface area (Å²) in [4.78, 5) is 12.0. The molecule has 8 nitrogen and oxygen atoms in total. The van der Waals surface area contributed by atoms with Crippen LogP contribution < -0.4 is 5.32 Å². The van der Waals surface area contributed by atoms with Gasteiger partial charge in [-0.25, -0.2) is 0 Å². The third-order valence-electron chi connectivity index (χ3n) is 2.99. The zero-order chi connectivity index (χ0) is 16.9. The van der Waals surface area contributed by atoms with E-state index >= 15 is 0 Å². The van der Waals surface area contributed by atoms with Crippen molar-refractivity contribution in [3.05, 3.63) is 18.1 Å². The van der Waals surface area contributed by atoms with Crippen molar-refractivity contribution in [2.75, 3.05) is 24.8 Å². The van der Waals surface area contributed by atoms with Gasteiger partial charge in [0.2, 0.25) is 11.8 Å². The van der Waals surface area contributed by atoms with Crippen LogP contribution in [0.3, 0.4) is 0 Å². The third-order valence-corrected chi connectivity index (χ3v) is 3.97. The van der Waals surface area contributed by atoms with Crippen LogP contribution in [0.15, 0.2) is 22.1 Å². The number of aromatic nitrogens is 4. The minimum atomic E-state index is -0.187. The van der Waals surface area contributed by atoms with Crippen molar-refractivity contribution in [2.45, 2.75) is 37.9 Å². The maximum atomic E-state index is 12.0. The van der Waals surface area contributed by atoms with E-state index in [1.807, 2.05) is 25.3 Å². The first-order chi connectivity index (χ1) is 10.9. The zero-order valence-electron chi connectivity index (χ0n) is 13.7. The van der Waals surface area contributed by atoms with Gasteiger partial charge in [-0.15, -0.1) is 10.2 Å². The van der Waals surface area contributed by atoms with Crippen LogP contribution in [-0.4, -0.2) is 45.3 Å². The molecule has 0 aliphatic rings. The maximum absolute atomic E-state index is 12.0. The van der Waals surface area contributed by atoms with Gasteiger partial charge in [0.05, 0.1) is 18.1 Å². The number of carbonyl (C=O) groups is 1. The first kappa shape index (κ1) is 17.5. The molecule has 1 amide bonds. The van der Waals surface area contributed by atoms with Gasteiger partial charge >= 0.3 is 0 Å². The van der Waals surface area contributed by atoms with Crippen LogP contribution in [0.4, 0.5) is 5.88 Å². The lowest BCUT2D eigenvalue weighted by molar-refractivity contribution is -0.113. The normalized spacial score (nSPS) is 11.7. The van der Waals surface area contributed by atoms with Crippen molar-refractivity contribution in [3.63, 3.8) is 0 Å². The smallest absolute Gasteiger partial charge is 0.237 e. The van der Waals surface area contributed by atoms with Crippen molar-refractivity contribution in [3.8, 4) is 0 Å². The van der Waals surface area contributed by atoms with Crippen LogP contribution in [0.2, 0.25) is 0 Å². The molecule has 2 aromatic rings. The van der Waals surface area contributed by atoms with Crippen molar-refractivity contribution in [2.24, 2.45) is 0 Å². The summed E-state index contributed by atoms with van der Waals surface area (Å²) >= 11 is 1.30. The van der Waals surface area contributed by atoms with E-state index in [0.29, 0.717) is 24.2 Å². The van der Waals surface area contributed by atoms with E-state index in [-0.39, 0.29) is 17.1 Å². The molecule has 2 aromatic heterocycles. The number of ether oxygens (including phenoxy) is 1. The summed E-state index contributed by atoms with van der Waals surface area (Å²) in [5, 5.41) is 15.2. The molecular formula is C14H21N5O3S. The Balaban J connectivity index is 1.86. The maximum Gasteiger partial charge on any atom is 0.237 e. The lowest BCUT2D eigenvalue weighted by Crippen LogP contribution is -2.15. The molecule has 2 rings (SSSR count). The lowest BCUT2D eigenvalue weighted by atomic mass is 9.92. The Morgan fingerprint density at radius 1 is 1.48 bits per heavy atom. The summed E-state index contributed by atoms with van der Waals surface area (Å²) in [6, 6.07) is 1.74. The number of hydrogen-bond donors (Lipinski definition) is 1. The van der Waals surface area contributed by atoms with E-state index in [0.717, 1.165) is 5.69 Å². The minimum Gasteiger partial charge on any atom is -0.383 e. The number of nitrogens with zero attached hydrogens (tertiary/aromatic N) is 4. The topological polar surface area (TPSA) is 95.1 Å². The average molecular weight is 339 g/mol. The highest BCUT2D eigenvalue weighted by Gasteiger charge is 2.19. The molecule has 0 aliphatic carbocycles. The summed E-state index contributed by atoms with van der Waals surface area (Å²) in [5.74, 6) is 0.367. The SMILES string of the molecule is COCCn1cnnc1SCC(=O)Nc1cc(C(C)(C)C)no1. The number of thioether (sulfide) groups is 1. The van der Waals surface area contributed by atoms with E-state index in [2.05, 4.69) is 20.7 Å². The number of anilines is 1. The Kier molecular flexibility index (Phi) is 5.78. The first-order valence-electron chi connectivity index (χ1n) is 7.16. The zero-order valence-corrected chi connectivity index (χ0v) is 14.5. The van der Waals surface area contributed by atoms with Gasteiger partial charge in [0, 0.05) is 25.1 Å². The monoisotopic (exact) mass is 339 g/mol. The van der Waals surface area contributed by atoms with E-state index < -0.39 is 0 Å². The van der Waals surface area contributed by atoms with E-state index in [1.54, 1.807) is 19.5 Å². The van der Waals surface area contributed by atoms with Crippen molar-refractivity contribution in [1.82, 2.24) is 19.9 Å². The van der Waals surface area contributed by atoms with Crippen LogP contribution in [0, 0.1) is 0 Å². The Labute approximate surface area is 139 Å². The molecule has 0 aromatic carbocycles. The summed E-state index contributed by atoms with van der Waals surface area (Å²) in [6.07, 6.45) is 1.62. The van der Waals surface area contributed by atoms with Crippen molar-refractivity contribution < 1.29 is 14.1 Å². The highest BCUT2D eigenvalue weighted by Crippen LogP contribution is 2.24. The van der Waals surface area contributed by atoms with Gasteiger partial charge in [-0.2, -0.15) is 0 Å². The van der Waals surface area contributed by atoms with Crippen molar-refractivity contribution in [1.29, 1.82) is 0 Å². The van der Waals surface area contributed by atoms with Crippen LogP contribution >= 0.6 is 11.8 Å². The second kappa shape index (κ2) is 7.60. The predicted octanol–water partition coefficient (Wildman–Crippen LogP) is 1.94. The Hall–Kier alpha value is -1.87. The summed E-state index contributed by atoms with van der Waals surface area (Å²) in [5.41, 5.74) is 0.665. The molecule has 0 fully saturated rings. The number of rotatable bonds is 7. The lowest BCUT2D eigenvalue weighted by Gasteiger charge is -2.12. The molecule has 0 unspecified atom stereocenters. The number of amides is 1. The van der Waals surface area contributed by atoms with Crippen LogP contribution in [0.1, 0.15) is 26.5 Å². The minimum absolute atomic E-state index is 0.126. The standard InChI is InChI=1S/C14H21N5O3S/c1-14(2,3)10-7-12(22-18-10)16-11(20)8-23-13-17-15-9-19(13)5-6-21-4/h7,9H,5-6,8H2,1-4H3,(H,16,20). The molecule has 0 aliphatic heterocycles. The second-order valence-corrected chi connectivity index (χ2v) is 6.91. The quantitative estimate of drug-likeness (QED) is 0.770. The Bertz CT molecular complexity index is 647. The Morgan fingerprint density at radius 3 is 2.91 bits per heavy atom.